The molecular weight excluding hydrogens is 450 g/mol. The number of carbonyl (C=O) groups excluding carboxylic acids is 1. The molecule has 0 saturated carbocycles. The van der Waals surface area contributed by atoms with Gasteiger partial charge in [0.2, 0.25) is 5.91 Å². The second kappa shape index (κ2) is 10.9. The maximum Gasteiger partial charge on any atom is 0.234 e. The lowest BCUT2D eigenvalue weighted by Gasteiger charge is -2.12. The zero-order chi connectivity index (χ0) is 23.9. The lowest BCUT2D eigenvalue weighted by Crippen LogP contribution is -2.16. The van der Waals surface area contributed by atoms with Crippen LogP contribution < -0.4 is 15.4 Å². The van der Waals surface area contributed by atoms with Crippen molar-refractivity contribution >= 4 is 29.0 Å². The van der Waals surface area contributed by atoms with Gasteiger partial charge in [-0.1, -0.05) is 41.6 Å². The smallest absolute Gasteiger partial charge is 0.234 e. The topological polar surface area (TPSA) is 94.2 Å². The number of benzene rings is 2. The van der Waals surface area contributed by atoms with E-state index in [1.807, 2.05) is 28.8 Å². The van der Waals surface area contributed by atoms with Crippen LogP contribution in [0, 0.1) is 13.8 Å². The van der Waals surface area contributed by atoms with E-state index in [0.717, 1.165) is 17.3 Å². The van der Waals surface area contributed by atoms with Crippen LogP contribution in [0.1, 0.15) is 22.7 Å². The van der Waals surface area contributed by atoms with Crippen molar-refractivity contribution in [3.63, 3.8) is 0 Å². The van der Waals surface area contributed by atoms with Gasteiger partial charge in [0.25, 0.3) is 0 Å². The van der Waals surface area contributed by atoms with E-state index in [0.29, 0.717) is 29.7 Å². The molecule has 0 aliphatic heterocycles. The average Bonchev–Trinajstić information content (AvgIpc) is 3.48. The molecule has 0 spiro atoms. The number of ether oxygens (including phenoxy) is 1. The van der Waals surface area contributed by atoms with Gasteiger partial charge in [0.05, 0.1) is 37.9 Å². The van der Waals surface area contributed by atoms with Gasteiger partial charge < -0.3 is 19.8 Å². The molecule has 0 radical (unpaired) electrons. The molecule has 8 nitrogen and oxygen atoms in total. The lowest BCUT2D eigenvalue weighted by atomic mass is 10.1. The van der Waals surface area contributed by atoms with E-state index in [4.69, 9.17) is 9.15 Å². The van der Waals surface area contributed by atoms with Gasteiger partial charge in [-0.05, 0) is 49.7 Å². The van der Waals surface area contributed by atoms with Gasteiger partial charge in [-0.25, -0.2) is 0 Å². The van der Waals surface area contributed by atoms with Crippen molar-refractivity contribution in [1.29, 1.82) is 0 Å². The Morgan fingerprint density at radius 1 is 1.09 bits per heavy atom. The number of methoxy groups -OCH3 is 1. The monoisotopic (exact) mass is 477 g/mol. The zero-order valence-electron chi connectivity index (χ0n) is 19.4. The Labute approximate surface area is 202 Å². The number of rotatable bonds is 10. The molecule has 0 aliphatic carbocycles. The highest BCUT2D eigenvalue weighted by Crippen LogP contribution is 2.25. The summed E-state index contributed by atoms with van der Waals surface area (Å²) in [5, 5.41) is 15.7. The second-order valence-electron chi connectivity index (χ2n) is 7.77. The first kappa shape index (κ1) is 23.4. The van der Waals surface area contributed by atoms with Crippen LogP contribution in [0.4, 0.5) is 11.4 Å². The number of nitrogens with zero attached hydrogens (tertiary/aromatic N) is 3. The van der Waals surface area contributed by atoms with Crippen molar-refractivity contribution in [3.05, 3.63) is 83.6 Å². The maximum atomic E-state index is 12.6. The standard InChI is InChI=1S/C25H27N5O3S/c1-17-10-11-20(18(2)13-17)26-14-23-28-29-25(30(23)15-19-7-6-12-33-19)34-16-24(31)27-21-8-4-5-9-22(21)32-3/h4-13,26H,14-16H2,1-3H3,(H,27,31). The van der Waals surface area contributed by atoms with Gasteiger partial charge in [0.15, 0.2) is 11.0 Å². The van der Waals surface area contributed by atoms with E-state index in [1.165, 1.54) is 22.9 Å². The first-order chi connectivity index (χ1) is 16.5. The maximum absolute atomic E-state index is 12.6. The Bertz CT molecular complexity index is 1250. The van der Waals surface area contributed by atoms with E-state index >= 15 is 0 Å². The van der Waals surface area contributed by atoms with Crippen LogP contribution in [0.3, 0.4) is 0 Å². The molecule has 34 heavy (non-hydrogen) atoms. The number of amides is 1. The fourth-order valence-electron chi connectivity index (χ4n) is 3.52. The van der Waals surface area contributed by atoms with Crippen LogP contribution in [-0.4, -0.2) is 33.5 Å². The quantitative estimate of drug-likeness (QED) is 0.314. The largest absolute Gasteiger partial charge is 0.495 e. The van der Waals surface area contributed by atoms with Gasteiger partial charge in [0, 0.05) is 5.69 Å². The third-order valence-electron chi connectivity index (χ3n) is 5.22. The fourth-order valence-corrected chi connectivity index (χ4v) is 4.28. The summed E-state index contributed by atoms with van der Waals surface area (Å²) in [6, 6.07) is 17.3. The average molecular weight is 478 g/mol. The van der Waals surface area contributed by atoms with Crippen LogP contribution >= 0.6 is 11.8 Å². The number of nitrogens with one attached hydrogen (secondary N) is 2. The minimum absolute atomic E-state index is 0.156. The molecular formula is C25H27N5O3S. The summed E-state index contributed by atoms with van der Waals surface area (Å²) in [7, 11) is 1.57. The summed E-state index contributed by atoms with van der Waals surface area (Å²) >= 11 is 1.32. The molecule has 2 N–H and O–H groups in total. The highest BCUT2D eigenvalue weighted by molar-refractivity contribution is 7.99. The van der Waals surface area contributed by atoms with Crippen LogP contribution in [0.15, 0.2) is 70.4 Å². The summed E-state index contributed by atoms with van der Waals surface area (Å²) in [5.41, 5.74) is 4.06. The Hall–Kier alpha value is -3.72. The molecule has 2 aromatic carbocycles. The SMILES string of the molecule is COc1ccccc1NC(=O)CSc1nnc(CNc2ccc(C)cc2C)n1Cc1ccco1. The number of carbonyl (C=O) groups is 1. The van der Waals surface area contributed by atoms with Crippen molar-refractivity contribution in [2.24, 2.45) is 0 Å². The number of para-hydroxylation sites is 2. The van der Waals surface area contributed by atoms with Gasteiger partial charge in [0.1, 0.15) is 11.5 Å². The highest BCUT2D eigenvalue weighted by Gasteiger charge is 2.16. The molecule has 0 aliphatic rings. The van der Waals surface area contributed by atoms with E-state index in [1.54, 1.807) is 25.5 Å². The molecule has 0 saturated heterocycles. The van der Waals surface area contributed by atoms with Crippen LogP contribution in [-0.2, 0) is 17.9 Å². The van der Waals surface area contributed by atoms with Gasteiger partial charge >= 0.3 is 0 Å². The molecule has 9 heteroatoms. The van der Waals surface area contributed by atoms with Crippen molar-refractivity contribution in [2.45, 2.75) is 32.1 Å². The summed E-state index contributed by atoms with van der Waals surface area (Å²) in [5.74, 6) is 2.18. The Balaban J connectivity index is 1.46. The minimum atomic E-state index is -0.156. The van der Waals surface area contributed by atoms with Crippen molar-refractivity contribution < 1.29 is 13.9 Å². The summed E-state index contributed by atoms with van der Waals surface area (Å²) in [4.78, 5) is 12.6. The van der Waals surface area contributed by atoms with E-state index < -0.39 is 0 Å². The minimum Gasteiger partial charge on any atom is -0.495 e. The molecule has 1 amide bonds. The molecule has 176 valence electrons. The summed E-state index contributed by atoms with van der Waals surface area (Å²) in [6.07, 6.45) is 1.64. The number of hydrogen-bond donors (Lipinski definition) is 2. The van der Waals surface area contributed by atoms with Gasteiger partial charge in [-0.2, -0.15) is 0 Å². The van der Waals surface area contributed by atoms with Gasteiger partial charge in [-0.3, -0.25) is 9.36 Å². The van der Waals surface area contributed by atoms with Crippen molar-refractivity contribution in [3.8, 4) is 5.75 Å². The number of aromatic nitrogens is 3. The molecule has 2 aromatic heterocycles. The van der Waals surface area contributed by atoms with Crippen molar-refractivity contribution in [2.75, 3.05) is 23.5 Å². The number of furan rings is 1. The first-order valence-corrected chi connectivity index (χ1v) is 11.8. The molecule has 4 aromatic rings. The van der Waals surface area contributed by atoms with E-state index in [9.17, 15) is 4.79 Å². The second-order valence-corrected chi connectivity index (χ2v) is 8.72. The molecule has 0 atom stereocenters. The highest BCUT2D eigenvalue weighted by atomic mass is 32.2. The Morgan fingerprint density at radius 3 is 2.71 bits per heavy atom. The van der Waals surface area contributed by atoms with Crippen LogP contribution in [0.25, 0.3) is 0 Å². The Morgan fingerprint density at radius 2 is 1.94 bits per heavy atom. The number of anilines is 2. The number of aryl methyl sites for hydroxylation is 2. The molecule has 0 bridgehead atoms. The van der Waals surface area contributed by atoms with Crippen LogP contribution in [0.2, 0.25) is 0 Å². The predicted octanol–water partition coefficient (Wildman–Crippen LogP) is 4.89. The number of hydrogen-bond acceptors (Lipinski definition) is 7. The number of thioether (sulfide) groups is 1. The lowest BCUT2D eigenvalue weighted by molar-refractivity contribution is -0.113. The third-order valence-corrected chi connectivity index (χ3v) is 6.19. The van der Waals surface area contributed by atoms with E-state index in [2.05, 4.69) is 52.9 Å². The predicted molar refractivity (Wildman–Crippen MR) is 133 cm³/mol. The summed E-state index contributed by atoms with van der Waals surface area (Å²) in [6.45, 7) is 5.11. The molecule has 4 rings (SSSR count). The third kappa shape index (κ3) is 5.79. The first-order valence-electron chi connectivity index (χ1n) is 10.8. The van der Waals surface area contributed by atoms with Crippen molar-refractivity contribution in [1.82, 2.24) is 14.8 Å². The van der Waals surface area contributed by atoms with Crippen LogP contribution in [0.5, 0.6) is 5.75 Å². The normalized spacial score (nSPS) is 10.8. The Kier molecular flexibility index (Phi) is 7.54. The fraction of sp³-hybridized carbons (Fsp3) is 0.240. The molecule has 2 heterocycles. The zero-order valence-corrected chi connectivity index (χ0v) is 20.2. The van der Waals surface area contributed by atoms with E-state index in [-0.39, 0.29) is 11.7 Å². The summed E-state index contributed by atoms with van der Waals surface area (Å²) < 4.78 is 12.8. The molecule has 0 fully saturated rings. The molecule has 0 unspecified atom stereocenters. The van der Waals surface area contributed by atoms with Gasteiger partial charge in [-0.15, -0.1) is 10.2 Å².